The van der Waals surface area contributed by atoms with Crippen LogP contribution in [0.2, 0.25) is 0 Å². The minimum Gasteiger partial charge on any atom is -0.465 e. The van der Waals surface area contributed by atoms with Crippen molar-refractivity contribution in [2.24, 2.45) is 0 Å². The van der Waals surface area contributed by atoms with Gasteiger partial charge in [0.25, 0.3) is 5.56 Å². The third kappa shape index (κ3) is 4.20. The summed E-state index contributed by atoms with van der Waals surface area (Å²) in [4.78, 5) is 43.5. The number of hydrogen-bond acceptors (Lipinski definition) is 7. The van der Waals surface area contributed by atoms with Crippen molar-refractivity contribution in [3.63, 3.8) is 0 Å². The van der Waals surface area contributed by atoms with Gasteiger partial charge in [0.2, 0.25) is 5.91 Å². The van der Waals surface area contributed by atoms with Crippen LogP contribution < -0.4 is 10.9 Å². The maximum absolute atomic E-state index is 12.9. The summed E-state index contributed by atoms with van der Waals surface area (Å²) in [7, 11) is 1.29. The molecule has 0 spiro atoms. The van der Waals surface area contributed by atoms with E-state index >= 15 is 0 Å². The Hall–Kier alpha value is -2.65. The van der Waals surface area contributed by atoms with Gasteiger partial charge in [0.05, 0.1) is 29.5 Å². The minimum atomic E-state index is -0.524. The summed E-state index contributed by atoms with van der Waals surface area (Å²) in [5.74, 6) is -0.776. The normalized spacial score (nSPS) is 10.9. The van der Waals surface area contributed by atoms with Crippen LogP contribution in [0.5, 0.6) is 0 Å². The number of aryl methyl sites for hydroxylation is 2. The Balaban J connectivity index is 1.82. The molecule has 29 heavy (non-hydrogen) atoms. The SMILES string of the molecule is CCn1c(SCC(=O)Nc2ccccc2C(=O)OC)nc2sc(C)c(C)c2c1=O. The van der Waals surface area contributed by atoms with E-state index in [0.29, 0.717) is 27.6 Å². The molecule has 3 rings (SSSR count). The van der Waals surface area contributed by atoms with Crippen LogP contribution in [0.3, 0.4) is 0 Å². The molecule has 3 aromatic rings. The fourth-order valence-electron chi connectivity index (χ4n) is 2.89. The average molecular weight is 432 g/mol. The lowest BCUT2D eigenvalue weighted by atomic mass is 10.2. The highest BCUT2D eigenvalue weighted by Crippen LogP contribution is 2.28. The van der Waals surface area contributed by atoms with E-state index in [1.165, 1.54) is 30.2 Å². The van der Waals surface area contributed by atoms with Crippen LogP contribution >= 0.6 is 23.1 Å². The predicted molar refractivity (Wildman–Crippen MR) is 116 cm³/mol. The number of anilines is 1. The van der Waals surface area contributed by atoms with Gasteiger partial charge >= 0.3 is 5.97 Å². The van der Waals surface area contributed by atoms with Gasteiger partial charge in [0.15, 0.2) is 5.16 Å². The second kappa shape index (κ2) is 8.79. The number of methoxy groups -OCH3 is 1. The van der Waals surface area contributed by atoms with E-state index in [0.717, 1.165) is 10.4 Å². The molecule has 0 saturated carbocycles. The zero-order valence-electron chi connectivity index (χ0n) is 16.6. The first-order valence-electron chi connectivity index (χ1n) is 8.97. The number of thiophene rings is 1. The Kier molecular flexibility index (Phi) is 6.39. The van der Waals surface area contributed by atoms with Gasteiger partial charge in [-0.1, -0.05) is 23.9 Å². The third-order valence-corrected chi connectivity index (χ3v) is 6.59. The van der Waals surface area contributed by atoms with Gasteiger partial charge in [0, 0.05) is 11.4 Å². The smallest absolute Gasteiger partial charge is 0.339 e. The second-order valence-electron chi connectivity index (χ2n) is 6.28. The molecule has 0 unspecified atom stereocenters. The van der Waals surface area contributed by atoms with E-state index in [1.807, 2.05) is 20.8 Å². The van der Waals surface area contributed by atoms with E-state index in [1.54, 1.807) is 28.8 Å². The highest BCUT2D eigenvalue weighted by molar-refractivity contribution is 7.99. The maximum atomic E-state index is 12.9. The number of rotatable bonds is 6. The Morgan fingerprint density at radius 1 is 1.28 bits per heavy atom. The number of benzene rings is 1. The number of thioether (sulfide) groups is 1. The van der Waals surface area contributed by atoms with Crippen molar-refractivity contribution >= 4 is 50.9 Å². The molecule has 7 nitrogen and oxygen atoms in total. The summed E-state index contributed by atoms with van der Waals surface area (Å²) in [5.41, 5.74) is 1.53. The molecule has 1 amide bonds. The van der Waals surface area contributed by atoms with Gasteiger partial charge in [-0.3, -0.25) is 14.2 Å². The number of carbonyl (C=O) groups excluding carboxylic acids is 2. The van der Waals surface area contributed by atoms with Gasteiger partial charge in [-0.15, -0.1) is 11.3 Å². The van der Waals surface area contributed by atoms with Crippen LogP contribution in [0.25, 0.3) is 10.2 Å². The van der Waals surface area contributed by atoms with E-state index < -0.39 is 5.97 Å². The van der Waals surface area contributed by atoms with Crippen molar-refractivity contribution in [2.75, 3.05) is 18.2 Å². The Labute approximate surface area is 176 Å². The van der Waals surface area contributed by atoms with E-state index in [9.17, 15) is 14.4 Å². The highest BCUT2D eigenvalue weighted by atomic mass is 32.2. The van der Waals surface area contributed by atoms with Gasteiger partial charge in [0.1, 0.15) is 4.83 Å². The van der Waals surface area contributed by atoms with E-state index in [2.05, 4.69) is 10.3 Å². The first-order valence-corrected chi connectivity index (χ1v) is 10.8. The van der Waals surface area contributed by atoms with Crippen LogP contribution in [0.1, 0.15) is 27.7 Å². The second-order valence-corrected chi connectivity index (χ2v) is 8.43. The summed E-state index contributed by atoms with van der Waals surface area (Å²) in [6.45, 7) is 6.23. The number of nitrogens with one attached hydrogen (secondary N) is 1. The molecule has 2 heterocycles. The van der Waals surface area contributed by atoms with Crippen molar-refractivity contribution in [3.05, 3.63) is 50.6 Å². The number of carbonyl (C=O) groups is 2. The Morgan fingerprint density at radius 3 is 2.69 bits per heavy atom. The molecule has 9 heteroatoms. The zero-order chi connectivity index (χ0) is 21.1. The summed E-state index contributed by atoms with van der Waals surface area (Å²) >= 11 is 2.67. The topological polar surface area (TPSA) is 90.3 Å². The highest BCUT2D eigenvalue weighted by Gasteiger charge is 2.18. The molecular formula is C20H21N3O4S2. The number of hydrogen-bond donors (Lipinski definition) is 1. The molecular weight excluding hydrogens is 410 g/mol. The monoisotopic (exact) mass is 431 g/mol. The zero-order valence-corrected chi connectivity index (χ0v) is 18.2. The van der Waals surface area contributed by atoms with Crippen LogP contribution in [-0.2, 0) is 16.1 Å². The largest absolute Gasteiger partial charge is 0.465 e. The fourth-order valence-corrected chi connectivity index (χ4v) is 4.83. The van der Waals surface area contributed by atoms with Gasteiger partial charge < -0.3 is 10.1 Å². The van der Waals surface area contributed by atoms with Crippen molar-refractivity contribution in [1.29, 1.82) is 0 Å². The maximum Gasteiger partial charge on any atom is 0.339 e. The Bertz CT molecular complexity index is 1150. The molecule has 2 aromatic heterocycles. The van der Waals surface area contributed by atoms with Crippen LogP contribution in [-0.4, -0.2) is 34.3 Å². The van der Waals surface area contributed by atoms with Crippen LogP contribution in [0, 0.1) is 13.8 Å². The molecule has 0 atom stereocenters. The van der Waals surface area contributed by atoms with Gasteiger partial charge in [-0.05, 0) is 38.5 Å². The van der Waals surface area contributed by atoms with Crippen LogP contribution in [0.4, 0.5) is 5.69 Å². The van der Waals surface area contributed by atoms with Crippen molar-refractivity contribution < 1.29 is 14.3 Å². The molecule has 0 saturated heterocycles. The first kappa shape index (κ1) is 21.1. The minimum absolute atomic E-state index is 0.0524. The number of ether oxygens (including phenoxy) is 1. The van der Waals surface area contributed by atoms with Gasteiger partial charge in [-0.25, -0.2) is 9.78 Å². The predicted octanol–water partition coefficient (Wildman–Crippen LogP) is 3.61. The molecule has 152 valence electrons. The quantitative estimate of drug-likeness (QED) is 0.364. The van der Waals surface area contributed by atoms with Crippen molar-refractivity contribution in [1.82, 2.24) is 9.55 Å². The summed E-state index contributed by atoms with van der Waals surface area (Å²) < 4.78 is 6.33. The molecule has 0 fully saturated rings. The lowest BCUT2D eigenvalue weighted by Gasteiger charge is -2.11. The molecule has 0 aliphatic rings. The molecule has 1 aromatic carbocycles. The number of esters is 1. The van der Waals surface area contributed by atoms with Gasteiger partial charge in [-0.2, -0.15) is 0 Å². The lowest BCUT2D eigenvalue weighted by Crippen LogP contribution is -2.23. The van der Waals surface area contributed by atoms with Crippen molar-refractivity contribution in [2.45, 2.75) is 32.5 Å². The average Bonchev–Trinajstić information content (AvgIpc) is 3.00. The molecule has 0 aliphatic carbocycles. The van der Waals surface area contributed by atoms with E-state index in [4.69, 9.17) is 4.74 Å². The molecule has 0 bridgehead atoms. The number of aromatic nitrogens is 2. The standard InChI is InChI=1S/C20H21N3O4S2/c1-5-23-18(25)16-11(2)12(3)29-17(16)22-20(23)28-10-15(24)21-14-9-7-6-8-13(14)19(26)27-4/h6-9H,5,10H2,1-4H3,(H,21,24). The third-order valence-electron chi connectivity index (χ3n) is 4.51. The summed E-state index contributed by atoms with van der Waals surface area (Å²) in [6, 6.07) is 6.64. The molecule has 1 N–H and O–H groups in total. The molecule has 0 radical (unpaired) electrons. The number of nitrogens with zero attached hydrogens (tertiary/aromatic N) is 2. The Morgan fingerprint density at radius 2 is 2.00 bits per heavy atom. The number of fused-ring (bicyclic) bond motifs is 1. The number of para-hydroxylation sites is 1. The summed E-state index contributed by atoms with van der Waals surface area (Å²) in [5, 5.41) is 3.88. The first-order chi connectivity index (χ1) is 13.9. The summed E-state index contributed by atoms with van der Waals surface area (Å²) in [6.07, 6.45) is 0. The van der Waals surface area contributed by atoms with E-state index in [-0.39, 0.29) is 22.8 Å². The molecule has 0 aliphatic heterocycles. The fraction of sp³-hybridized carbons (Fsp3) is 0.300. The van der Waals surface area contributed by atoms with Crippen molar-refractivity contribution in [3.8, 4) is 0 Å². The number of amides is 1. The van der Waals surface area contributed by atoms with Crippen LogP contribution in [0.15, 0.2) is 34.2 Å². The lowest BCUT2D eigenvalue weighted by molar-refractivity contribution is -0.113.